The van der Waals surface area contributed by atoms with Crippen molar-refractivity contribution in [2.24, 2.45) is 5.92 Å². The van der Waals surface area contributed by atoms with Crippen molar-refractivity contribution in [1.29, 1.82) is 0 Å². The van der Waals surface area contributed by atoms with Gasteiger partial charge in [0.05, 0.1) is 16.6 Å². The number of aromatic nitrogens is 1. The molecule has 8 nitrogen and oxygen atoms in total. The van der Waals surface area contributed by atoms with Crippen molar-refractivity contribution in [1.82, 2.24) is 14.6 Å². The molecule has 0 aliphatic heterocycles. The fourth-order valence-electron chi connectivity index (χ4n) is 5.17. The number of sulfonamides is 1. The van der Waals surface area contributed by atoms with Crippen LogP contribution in [0.25, 0.3) is 11.1 Å². The molecule has 0 saturated heterocycles. The minimum atomic E-state index is -3.89. The monoisotopic (exact) mass is 537 g/mol. The third kappa shape index (κ3) is 6.66. The maximum absolute atomic E-state index is 13.3. The van der Waals surface area contributed by atoms with Crippen LogP contribution in [0, 0.1) is 5.92 Å². The number of hydrogen-bond acceptors (Lipinski definition) is 6. The molecule has 1 unspecified atom stereocenters. The lowest BCUT2D eigenvalue weighted by atomic mass is 9.88. The van der Waals surface area contributed by atoms with Crippen LogP contribution in [0.3, 0.4) is 0 Å². The molecule has 202 valence electrons. The maximum Gasteiger partial charge on any atom is 0.337 e. The quantitative estimate of drug-likeness (QED) is 0.342. The molecule has 0 fully saturated rings. The highest BCUT2D eigenvalue weighted by Gasteiger charge is 2.29. The minimum Gasteiger partial charge on any atom is -0.478 e. The number of carbonyl (C=O) groups is 1. The number of aliphatic hydroxyl groups excluding tert-OH is 1. The van der Waals surface area contributed by atoms with E-state index in [-0.39, 0.29) is 29.1 Å². The second-order valence-electron chi connectivity index (χ2n) is 10.7. The number of aromatic carboxylic acids is 1. The first-order valence-corrected chi connectivity index (χ1v) is 14.1. The van der Waals surface area contributed by atoms with Gasteiger partial charge in [-0.15, -0.1) is 0 Å². The number of carboxylic acid groups (broad SMARTS) is 1. The van der Waals surface area contributed by atoms with Crippen molar-refractivity contribution in [3.05, 3.63) is 83.7 Å². The number of fused-ring (bicyclic) bond motifs is 1. The summed E-state index contributed by atoms with van der Waals surface area (Å²) in [4.78, 5) is 15.3. The molecule has 4 rings (SSSR count). The predicted octanol–water partition coefficient (Wildman–Crippen LogP) is 3.60. The molecule has 0 amide bonds. The Morgan fingerprint density at radius 2 is 1.76 bits per heavy atom. The van der Waals surface area contributed by atoms with Crippen LogP contribution in [-0.2, 0) is 22.9 Å². The van der Waals surface area contributed by atoms with Gasteiger partial charge in [-0.25, -0.2) is 13.2 Å². The van der Waals surface area contributed by atoms with Crippen LogP contribution in [0.4, 0.5) is 0 Å². The minimum absolute atomic E-state index is 0.0175. The molecule has 1 heterocycles. The lowest BCUT2D eigenvalue weighted by molar-refractivity contribution is 0.0696. The van der Waals surface area contributed by atoms with E-state index in [2.05, 4.69) is 48.4 Å². The number of nitrogens with one attached hydrogen (secondary N) is 1. The van der Waals surface area contributed by atoms with E-state index in [4.69, 9.17) is 0 Å². The third-order valence-corrected chi connectivity index (χ3v) is 8.90. The van der Waals surface area contributed by atoms with Crippen LogP contribution >= 0.6 is 0 Å². The summed E-state index contributed by atoms with van der Waals surface area (Å²) in [5.41, 5.74) is 3.67. The first kappa shape index (κ1) is 27.9. The zero-order chi connectivity index (χ0) is 27.5. The van der Waals surface area contributed by atoms with Crippen molar-refractivity contribution in [2.45, 2.75) is 49.6 Å². The Hall–Kier alpha value is -3.11. The fraction of sp³-hybridized carbons (Fsp3) is 0.379. The number of carboxylic acids is 1. The van der Waals surface area contributed by atoms with E-state index in [1.165, 1.54) is 48.8 Å². The largest absolute Gasteiger partial charge is 0.478 e. The molecular formula is C29H35N3O5S. The van der Waals surface area contributed by atoms with Gasteiger partial charge in [-0.05, 0) is 73.9 Å². The average molecular weight is 538 g/mol. The number of pyridine rings is 1. The van der Waals surface area contributed by atoms with Gasteiger partial charge in [0.15, 0.2) is 0 Å². The third-order valence-electron chi connectivity index (χ3n) is 7.08. The smallest absolute Gasteiger partial charge is 0.337 e. The van der Waals surface area contributed by atoms with E-state index in [0.717, 1.165) is 23.6 Å². The van der Waals surface area contributed by atoms with E-state index in [1.54, 1.807) is 12.1 Å². The Balaban J connectivity index is 1.35. The molecule has 1 aliphatic rings. The van der Waals surface area contributed by atoms with Gasteiger partial charge in [-0.3, -0.25) is 4.98 Å². The number of nitrogens with zero attached hydrogens (tertiary/aromatic N) is 2. The Morgan fingerprint density at radius 3 is 2.42 bits per heavy atom. The van der Waals surface area contributed by atoms with Gasteiger partial charge in [0.1, 0.15) is 0 Å². The zero-order valence-electron chi connectivity index (χ0n) is 22.0. The van der Waals surface area contributed by atoms with Crippen LogP contribution in [-0.4, -0.2) is 65.7 Å². The van der Waals surface area contributed by atoms with Crippen LogP contribution in [0.2, 0.25) is 0 Å². The van der Waals surface area contributed by atoms with Gasteiger partial charge < -0.3 is 15.5 Å². The molecule has 0 bridgehead atoms. The Bertz CT molecular complexity index is 1380. The lowest BCUT2D eigenvalue weighted by Gasteiger charge is -2.31. The summed E-state index contributed by atoms with van der Waals surface area (Å²) in [7, 11) is -2.44. The summed E-state index contributed by atoms with van der Waals surface area (Å²) in [6.45, 7) is 4.42. The van der Waals surface area contributed by atoms with Crippen molar-refractivity contribution in [2.75, 3.05) is 20.1 Å². The van der Waals surface area contributed by atoms with E-state index in [0.29, 0.717) is 17.0 Å². The molecule has 3 aromatic rings. The highest BCUT2D eigenvalue weighted by molar-refractivity contribution is 7.89. The second kappa shape index (κ2) is 11.3. The van der Waals surface area contributed by atoms with Gasteiger partial charge in [-0.1, -0.05) is 36.4 Å². The topological polar surface area (TPSA) is 120 Å². The highest BCUT2D eigenvalue weighted by Crippen LogP contribution is 2.32. The van der Waals surface area contributed by atoms with E-state index in [9.17, 15) is 23.4 Å². The highest BCUT2D eigenvalue weighted by atomic mass is 32.2. The summed E-state index contributed by atoms with van der Waals surface area (Å²) in [5.74, 6) is -0.573. The first-order valence-electron chi connectivity index (χ1n) is 12.7. The van der Waals surface area contributed by atoms with Crippen LogP contribution in [0.5, 0.6) is 0 Å². The number of aliphatic hydroxyl groups is 1. The van der Waals surface area contributed by atoms with E-state index in [1.807, 2.05) is 0 Å². The molecule has 1 atom stereocenters. The first-order chi connectivity index (χ1) is 17.9. The Morgan fingerprint density at radius 1 is 1.08 bits per heavy atom. The molecule has 38 heavy (non-hydrogen) atoms. The molecule has 0 radical (unpaired) electrons. The summed E-state index contributed by atoms with van der Waals surface area (Å²) in [6, 6.07) is 16.3. The van der Waals surface area contributed by atoms with Gasteiger partial charge >= 0.3 is 5.97 Å². The Kier molecular flexibility index (Phi) is 8.32. The molecule has 2 aromatic carbocycles. The average Bonchev–Trinajstić information content (AvgIpc) is 3.29. The number of hydrogen-bond donors (Lipinski definition) is 3. The molecule has 0 spiro atoms. The molecule has 1 aromatic heterocycles. The lowest BCUT2D eigenvalue weighted by Crippen LogP contribution is -2.47. The van der Waals surface area contributed by atoms with Crippen molar-refractivity contribution in [3.8, 4) is 11.1 Å². The van der Waals surface area contributed by atoms with Crippen LogP contribution < -0.4 is 5.32 Å². The molecular weight excluding hydrogens is 502 g/mol. The van der Waals surface area contributed by atoms with Gasteiger partial charge in [0.25, 0.3) is 0 Å². The number of benzene rings is 2. The Labute approximate surface area is 224 Å². The van der Waals surface area contributed by atoms with E-state index < -0.39 is 22.1 Å². The normalized spacial score (nSPS) is 15.0. The molecule has 1 aliphatic carbocycles. The second-order valence-corrected chi connectivity index (χ2v) is 12.8. The summed E-state index contributed by atoms with van der Waals surface area (Å²) in [6.07, 6.45) is 4.90. The van der Waals surface area contributed by atoms with Gasteiger partial charge in [-0.2, -0.15) is 4.31 Å². The summed E-state index contributed by atoms with van der Waals surface area (Å²) in [5, 5.41) is 23.3. The number of likely N-dealkylation sites (N-methyl/N-ethyl adjacent to an activating group) is 1. The summed E-state index contributed by atoms with van der Waals surface area (Å²) >= 11 is 0. The fourth-order valence-corrected chi connectivity index (χ4v) is 6.43. The SMILES string of the molecule is CN(CC(O)CNC(C)(C)CC1Cc2ccccc2C1)S(=O)(=O)c1cccc(-c2cncc(C(=O)O)c2)c1. The number of rotatable bonds is 11. The maximum atomic E-state index is 13.3. The zero-order valence-corrected chi connectivity index (χ0v) is 22.8. The predicted molar refractivity (Wildman–Crippen MR) is 146 cm³/mol. The number of β-amino-alcohol motifs (C(OH)–C–C–N with tert-alkyl or cyclic N) is 1. The molecule has 0 saturated carbocycles. The van der Waals surface area contributed by atoms with Crippen LogP contribution in [0.15, 0.2) is 71.9 Å². The standard InChI is InChI=1S/C29H35N3O5S/c1-29(2,15-20-11-21-7-4-5-8-22(21)12-20)31-18-26(33)19-32(3)38(36,37)27-10-6-9-23(14-27)24-13-25(28(34)35)17-30-16-24/h4-10,13-14,16-17,20,26,31,33H,11-12,15,18-19H2,1-3H3,(H,34,35). The van der Waals surface area contributed by atoms with E-state index >= 15 is 0 Å². The van der Waals surface area contributed by atoms with Gasteiger partial charge in [0, 0.05) is 43.6 Å². The van der Waals surface area contributed by atoms with Crippen molar-refractivity contribution < 1.29 is 23.4 Å². The summed E-state index contributed by atoms with van der Waals surface area (Å²) < 4.78 is 27.6. The van der Waals surface area contributed by atoms with Crippen molar-refractivity contribution >= 4 is 16.0 Å². The van der Waals surface area contributed by atoms with Crippen molar-refractivity contribution in [3.63, 3.8) is 0 Å². The molecule has 3 N–H and O–H groups in total. The van der Waals surface area contributed by atoms with Crippen LogP contribution in [0.1, 0.15) is 41.8 Å². The van der Waals surface area contributed by atoms with Gasteiger partial charge in [0.2, 0.25) is 10.0 Å². The molecule has 9 heteroatoms.